The maximum absolute atomic E-state index is 11.3. The molecular formula is C29H58O6. The van der Waals surface area contributed by atoms with E-state index in [-0.39, 0.29) is 19.2 Å². The number of aliphatic carboxylic acids is 1. The van der Waals surface area contributed by atoms with Crippen molar-refractivity contribution < 1.29 is 29.6 Å². The average molecular weight is 503 g/mol. The summed E-state index contributed by atoms with van der Waals surface area (Å²) >= 11 is 0. The van der Waals surface area contributed by atoms with Crippen LogP contribution in [0.15, 0.2) is 0 Å². The minimum atomic E-state index is -0.952. The van der Waals surface area contributed by atoms with Crippen LogP contribution in [-0.4, -0.2) is 46.6 Å². The number of carbonyl (C=O) groups excluding carboxylic acids is 1. The lowest BCUT2D eigenvalue weighted by Crippen LogP contribution is -2.21. The first-order valence-corrected chi connectivity index (χ1v) is 14.6. The summed E-state index contributed by atoms with van der Waals surface area (Å²) in [6.45, 7) is 4.00. The van der Waals surface area contributed by atoms with Crippen LogP contribution < -0.4 is 0 Å². The van der Waals surface area contributed by atoms with Crippen LogP contribution in [0.4, 0.5) is 0 Å². The molecule has 0 fully saturated rings. The quantitative estimate of drug-likeness (QED) is 0.0878. The van der Waals surface area contributed by atoms with Gasteiger partial charge in [0.15, 0.2) is 0 Å². The Morgan fingerprint density at radius 2 is 0.943 bits per heavy atom. The summed E-state index contributed by atoms with van der Waals surface area (Å²) in [6, 6.07) is 0. The second-order valence-electron chi connectivity index (χ2n) is 9.78. The molecule has 210 valence electrons. The molecule has 35 heavy (non-hydrogen) atoms. The van der Waals surface area contributed by atoms with E-state index in [0.29, 0.717) is 12.8 Å². The standard InChI is InChI=1S/C16H32O4.C13H26O2/c1-2-3-4-5-6-7-8-9-10-11-12-16(19)20-14-15(18)13-17;1-2-3-4-5-6-7-8-9-10-11-12-13(14)15/h15,17-18H,2-14H2,1H3;2-12H2,1H3,(H,14,15). The lowest BCUT2D eigenvalue weighted by molar-refractivity contribution is -0.147. The summed E-state index contributed by atoms with van der Waals surface area (Å²) in [5, 5.41) is 26.0. The molecule has 0 radical (unpaired) electrons. The fourth-order valence-electron chi connectivity index (χ4n) is 3.83. The second kappa shape index (κ2) is 30.9. The van der Waals surface area contributed by atoms with Crippen molar-refractivity contribution in [2.24, 2.45) is 0 Å². The highest BCUT2D eigenvalue weighted by Gasteiger charge is 2.07. The number of carboxylic acids is 1. The van der Waals surface area contributed by atoms with Crippen LogP contribution in [0.2, 0.25) is 0 Å². The van der Waals surface area contributed by atoms with Gasteiger partial charge in [0.1, 0.15) is 12.7 Å². The molecule has 0 aromatic rings. The molecule has 0 spiro atoms. The molecular weight excluding hydrogens is 444 g/mol. The van der Waals surface area contributed by atoms with Gasteiger partial charge >= 0.3 is 11.9 Å². The second-order valence-corrected chi connectivity index (χ2v) is 9.78. The van der Waals surface area contributed by atoms with Gasteiger partial charge in [-0.15, -0.1) is 0 Å². The Hall–Kier alpha value is -1.14. The van der Waals surface area contributed by atoms with Gasteiger partial charge in [-0.05, 0) is 12.8 Å². The zero-order valence-electron chi connectivity index (χ0n) is 23.1. The predicted molar refractivity (Wildman–Crippen MR) is 145 cm³/mol. The Kier molecular flexibility index (Phi) is 31.8. The van der Waals surface area contributed by atoms with Crippen molar-refractivity contribution in [2.75, 3.05) is 13.2 Å². The van der Waals surface area contributed by atoms with Gasteiger partial charge in [0.05, 0.1) is 6.61 Å². The summed E-state index contributed by atoms with van der Waals surface area (Å²) in [7, 11) is 0. The molecule has 3 N–H and O–H groups in total. The summed E-state index contributed by atoms with van der Waals surface area (Å²) < 4.78 is 4.83. The number of carbonyl (C=O) groups is 2. The molecule has 0 aromatic carbocycles. The summed E-state index contributed by atoms with van der Waals surface area (Å²) in [6.07, 6.45) is 24.7. The number of carboxylic acid groups (broad SMARTS) is 1. The predicted octanol–water partition coefficient (Wildman–Crippen LogP) is 7.58. The molecule has 0 aliphatic carbocycles. The lowest BCUT2D eigenvalue weighted by Gasteiger charge is -2.08. The number of esters is 1. The van der Waals surface area contributed by atoms with Gasteiger partial charge in [-0.1, -0.05) is 129 Å². The molecule has 0 aromatic heterocycles. The molecule has 0 rings (SSSR count). The van der Waals surface area contributed by atoms with Crippen LogP contribution >= 0.6 is 0 Å². The van der Waals surface area contributed by atoms with Crippen LogP contribution in [0.1, 0.15) is 155 Å². The van der Waals surface area contributed by atoms with Gasteiger partial charge < -0.3 is 20.1 Å². The minimum absolute atomic E-state index is 0.104. The van der Waals surface area contributed by atoms with E-state index in [1.807, 2.05) is 0 Å². The van der Waals surface area contributed by atoms with Crippen molar-refractivity contribution in [2.45, 2.75) is 161 Å². The highest BCUT2D eigenvalue weighted by molar-refractivity contribution is 5.69. The van der Waals surface area contributed by atoms with Gasteiger partial charge in [0, 0.05) is 12.8 Å². The molecule has 0 bridgehead atoms. The Labute approximate surface area is 216 Å². The number of hydrogen-bond acceptors (Lipinski definition) is 5. The molecule has 6 nitrogen and oxygen atoms in total. The smallest absolute Gasteiger partial charge is 0.305 e. The van der Waals surface area contributed by atoms with Crippen LogP contribution in [0.5, 0.6) is 0 Å². The summed E-state index contributed by atoms with van der Waals surface area (Å²) in [5.41, 5.74) is 0. The van der Waals surface area contributed by atoms with Gasteiger partial charge in [-0.25, -0.2) is 0 Å². The topological polar surface area (TPSA) is 104 Å². The molecule has 0 aliphatic heterocycles. The number of hydrogen-bond donors (Lipinski definition) is 3. The highest BCUT2D eigenvalue weighted by Crippen LogP contribution is 2.12. The van der Waals surface area contributed by atoms with E-state index in [4.69, 9.17) is 20.1 Å². The van der Waals surface area contributed by atoms with Crippen LogP contribution in [0, 0.1) is 0 Å². The van der Waals surface area contributed by atoms with Crippen molar-refractivity contribution in [3.63, 3.8) is 0 Å². The zero-order valence-corrected chi connectivity index (χ0v) is 23.1. The average Bonchev–Trinajstić information content (AvgIpc) is 2.85. The van der Waals surface area contributed by atoms with E-state index < -0.39 is 12.1 Å². The molecule has 6 heteroatoms. The molecule has 0 saturated heterocycles. The monoisotopic (exact) mass is 502 g/mol. The van der Waals surface area contributed by atoms with Gasteiger partial charge in [-0.2, -0.15) is 0 Å². The van der Waals surface area contributed by atoms with Gasteiger partial charge in [0.25, 0.3) is 0 Å². The Morgan fingerprint density at radius 3 is 1.29 bits per heavy atom. The number of rotatable bonds is 25. The van der Waals surface area contributed by atoms with Gasteiger partial charge in [-0.3, -0.25) is 9.59 Å². The lowest BCUT2D eigenvalue weighted by atomic mass is 10.1. The molecule has 0 heterocycles. The van der Waals surface area contributed by atoms with E-state index >= 15 is 0 Å². The van der Waals surface area contributed by atoms with Crippen LogP contribution in [0.25, 0.3) is 0 Å². The third-order valence-corrected chi connectivity index (χ3v) is 6.13. The maximum atomic E-state index is 11.3. The number of aliphatic hydroxyl groups is 2. The van der Waals surface area contributed by atoms with E-state index in [1.165, 1.54) is 103 Å². The fraction of sp³-hybridized carbons (Fsp3) is 0.931. The molecule has 1 atom stereocenters. The first-order chi connectivity index (χ1) is 17.0. The van der Waals surface area contributed by atoms with Crippen molar-refractivity contribution in [3.8, 4) is 0 Å². The van der Waals surface area contributed by atoms with E-state index in [1.54, 1.807) is 0 Å². The van der Waals surface area contributed by atoms with Crippen LogP contribution in [0.3, 0.4) is 0 Å². The molecule has 0 amide bonds. The van der Waals surface area contributed by atoms with E-state index in [2.05, 4.69) is 13.8 Å². The highest BCUT2D eigenvalue weighted by atomic mass is 16.5. The minimum Gasteiger partial charge on any atom is -0.481 e. The van der Waals surface area contributed by atoms with Crippen molar-refractivity contribution in [3.05, 3.63) is 0 Å². The van der Waals surface area contributed by atoms with Crippen molar-refractivity contribution in [1.82, 2.24) is 0 Å². The summed E-state index contributed by atoms with van der Waals surface area (Å²) in [4.78, 5) is 21.5. The van der Waals surface area contributed by atoms with Crippen molar-refractivity contribution >= 4 is 11.9 Å². The molecule has 0 saturated carbocycles. The third kappa shape index (κ3) is 35.1. The Bertz CT molecular complexity index is 441. The zero-order chi connectivity index (χ0) is 26.4. The Morgan fingerprint density at radius 1 is 0.600 bits per heavy atom. The Balaban J connectivity index is 0. The first kappa shape index (κ1) is 36.0. The van der Waals surface area contributed by atoms with E-state index in [0.717, 1.165) is 25.7 Å². The third-order valence-electron chi connectivity index (χ3n) is 6.13. The molecule has 1 unspecified atom stereocenters. The van der Waals surface area contributed by atoms with Crippen LogP contribution in [-0.2, 0) is 14.3 Å². The van der Waals surface area contributed by atoms with E-state index in [9.17, 15) is 9.59 Å². The first-order valence-electron chi connectivity index (χ1n) is 14.6. The normalized spacial score (nSPS) is 11.5. The number of aliphatic hydroxyl groups excluding tert-OH is 2. The largest absolute Gasteiger partial charge is 0.481 e. The maximum Gasteiger partial charge on any atom is 0.305 e. The fourth-order valence-corrected chi connectivity index (χ4v) is 3.83. The summed E-state index contributed by atoms with van der Waals surface area (Å²) in [5.74, 6) is -0.938. The molecule has 0 aliphatic rings. The van der Waals surface area contributed by atoms with Gasteiger partial charge in [0.2, 0.25) is 0 Å². The number of ether oxygens (including phenoxy) is 1. The SMILES string of the molecule is CCCCCCCCCCCCC(=O)O.CCCCCCCCCCCCC(=O)OCC(O)CO. The number of unbranched alkanes of at least 4 members (excludes halogenated alkanes) is 18. The van der Waals surface area contributed by atoms with Crippen molar-refractivity contribution in [1.29, 1.82) is 0 Å².